The lowest BCUT2D eigenvalue weighted by molar-refractivity contribution is -0.384. The van der Waals surface area contributed by atoms with E-state index < -0.39 is 4.92 Å². The van der Waals surface area contributed by atoms with Crippen molar-refractivity contribution in [2.24, 2.45) is 0 Å². The summed E-state index contributed by atoms with van der Waals surface area (Å²) in [6, 6.07) is 11.2. The zero-order valence-corrected chi connectivity index (χ0v) is 10.4. The van der Waals surface area contributed by atoms with Gasteiger partial charge in [-0.15, -0.1) is 0 Å². The molecule has 0 saturated heterocycles. The first kappa shape index (κ1) is 13.4. The van der Waals surface area contributed by atoms with Crippen molar-refractivity contribution in [2.75, 3.05) is 5.32 Å². The Kier molecular flexibility index (Phi) is 4.18. The van der Waals surface area contributed by atoms with E-state index in [1.54, 1.807) is 36.5 Å². The largest absolute Gasteiger partial charge is 0.307 e. The van der Waals surface area contributed by atoms with Gasteiger partial charge >= 0.3 is 0 Å². The van der Waals surface area contributed by atoms with Gasteiger partial charge in [0.15, 0.2) is 0 Å². The molecule has 0 bridgehead atoms. The zero-order valence-electron chi connectivity index (χ0n) is 10.4. The monoisotopic (exact) mass is 269 g/mol. The highest BCUT2D eigenvalue weighted by atomic mass is 16.6. The van der Waals surface area contributed by atoms with Crippen LogP contribution < -0.4 is 5.32 Å². The molecule has 0 aliphatic rings. The molecule has 1 heterocycles. The van der Waals surface area contributed by atoms with Crippen molar-refractivity contribution in [3.8, 4) is 0 Å². The fraction of sp³-hybridized carbons (Fsp3) is 0. The molecule has 0 atom stereocenters. The number of benzene rings is 1. The minimum atomic E-state index is -0.481. The quantitative estimate of drug-likeness (QED) is 0.525. The summed E-state index contributed by atoms with van der Waals surface area (Å²) in [4.78, 5) is 25.7. The average molecular weight is 269 g/mol. The topological polar surface area (TPSA) is 85.1 Å². The average Bonchev–Trinajstić information content (AvgIpc) is 2.46. The number of carbonyl (C=O) groups excluding carboxylic acids is 1. The molecule has 1 amide bonds. The molecule has 0 saturated carbocycles. The second kappa shape index (κ2) is 6.24. The Bertz CT molecular complexity index is 654. The standard InChI is InChI=1S/C14H11N3O3/c18-14(16-13-6-1-2-9-15-13)8-7-11-4-3-5-12(10-11)17(19)20/h1-10H,(H,15,16,18). The van der Waals surface area contributed by atoms with Crippen molar-refractivity contribution in [1.82, 2.24) is 4.98 Å². The van der Waals surface area contributed by atoms with Gasteiger partial charge in [0, 0.05) is 24.4 Å². The Morgan fingerprint density at radius 1 is 1.25 bits per heavy atom. The van der Waals surface area contributed by atoms with Gasteiger partial charge in [-0.25, -0.2) is 4.98 Å². The number of hydrogen-bond acceptors (Lipinski definition) is 4. The highest BCUT2D eigenvalue weighted by molar-refractivity contribution is 6.01. The summed E-state index contributed by atoms with van der Waals surface area (Å²) >= 11 is 0. The number of non-ortho nitro benzene ring substituents is 1. The lowest BCUT2D eigenvalue weighted by atomic mass is 10.2. The van der Waals surface area contributed by atoms with Crippen LogP contribution in [0.3, 0.4) is 0 Å². The van der Waals surface area contributed by atoms with Gasteiger partial charge in [0.05, 0.1) is 4.92 Å². The Morgan fingerprint density at radius 3 is 2.80 bits per heavy atom. The number of carbonyl (C=O) groups is 1. The summed E-state index contributed by atoms with van der Waals surface area (Å²) < 4.78 is 0. The highest BCUT2D eigenvalue weighted by Gasteiger charge is 2.04. The zero-order chi connectivity index (χ0) is 14.4. The van der Waals surface area contributed by atoms with Crippen LogP contribution in [0.5, 0.6) is 0 Å². The number of rotatable bonds is 4. The molecular weight excluding hydrogens is 258 g/mol. The summed E-state index contributed by atoms with van der Waals surface area (Å²) in [5.41, 5.74) is 0.563. The first-order chi connectivity index (χ1) is 9.65. The van der Waals surface area contributed by atoms with Gasteiger partial charge < -0.3 is 5.32 Å². The Hall–Kier alpha value is -3.02. The van der Waals surface area contributed by atoms with E-state index in [4.69, 9.17) is 0 Å². The van der Waals surface area contributed by atoms with Gasteiger partial charge in [-0.05, 0) is 23.8 Å². The molecule has 6 nitrogen and oxygen atoms in total. The molecule has 0 aliphatic heterocycles. The van der Waals surface area contributed by atoms with E-state index in [9.17, 15) is 14.9 Å². The second-order valence-corrected chi connectivity index (χ2v) is 3.89. The fourth-order valence-corrected chi connectivity index (χ4v) is 1.52. The fourth-order valence-electron chi connectivity index (χ4n) is 1.52. The Labute approximate surface area is 114 Å². The van der Waals surface area contributed by atoms with E-state index in [0.29, 0.717) is 11.4 Å². The lowest BCUT2D eigenvalue weighted by Crippen LogP contribution is -2.08. The maximum absolute atomic E-state index is 11.6. The molecule has 2 rings (SSSR count). The number of nitrogens with zero attached hydrogens (tertiary/aromatic N) is 2. The van der Waals surface area contributed by atoms with Crippen LogP contribution in [0.25, 0.3) is 6.08 Å². The lowest BCUT2D eigenvalue weighted by Gasteiger charge is -1.99. The van der Waals surface area contributed by atoms with Gasteiger partial charge in [0.1, 0.15) is 5.82 Å². The van der Waals surface area contributed by atoms with Crippen LogP contribution in [0.15, 0.2) is 54.7 Å². The SMILES string of the molecule is O=C(C=Cc1cccc([N+](=O)[O-])c1)Nc1ccccn1. The molecule has 1 aromatic heterocycles. The van der Waals surface area contributed by atoms with Crippen molar-refractivity contribution >= 4 is 23.5 Å². The number of nitrogens with one attached hydrogen (secondary N) is 1. The Morgan fingerprint density at radius 2 is 2.10 bits per heavy atom. The summed E-state index contributed by atoms with van der Waals surface area (Å²) in [6.45, 7) is 0. The van der Waals surface area contributed by atoms with Crippen LogP contribution >= 0.6 is 0 Å². The van der Waals surface area contributed by atoms with E-state index in [1.165, 1.54) is 24.3 Å². The third-order valence-corrected chi connectivity index (χ3v) is 2.42. The molecule has 20 heavy (non-hydrogen) atoms. The third-order valence-electron chi connectivity index (χ3n) is 2.42. The molecule has 0 unspecified atom stereocenters. The van der Waals surface area contributed by atoms with E-state index in [-0.39, 0.29) is 11.6 Å². The summed E-state index contributed by atoms with van der Waals surface area (Å²) in [5.74, 6) is 0.0939. The van der Waals surface area contributed by atoms with E-state index in [0.717, 1.165) is 0 Å². The molecule has 2 aromatic rings. The molecule has 6 heteroatoms. The van der Waals surface area contributed by atoms with Gasteiger partial charge in [-0.2, -0.15) is 0 Å². The van der Waals surface area contributed by atoms with Crippen LogP contribution in [0.4, 0.5) is 11.5 Å². The van der Waals surface area contributed by atoms with Gasteiger partial charge in [0.25, 0.3) is 5.69 Å². The number of hydrogen-bond donors (Lipinski definition) is 1. The summed E-state index contributed by atoms with van der Waals surface area (Å²) in [6.07, 6.45) is 4.37. The molecule has 0 spiro atoms. The number of aromatic nitrogens is 1. The normalized spacial score (nSPS) is 10.4. The smallest absolute Gasteiger partial charge is 0.270 e. The first-order valence-corrected chi connectivity index (χ1v) is 5.80. The number of nitro benzene ring substituents is 1. The highest BCUT2D eigenvalue weighted by Crippen LogP contribution is 2.14. The van der Waals surface area contributed by atoms with E-state index in [1.807, 2.05) is 0 Å². The number of pyridine rings is 1. The van der Waals surface area contributed by atoms with Gasteiger partial charge in [0.2, 0.25) is 5.91 Å². The molecule has 100 valence electrons. The van der Waals surface area contributed by atoms with Crippen LogP contribution in [0.2, 0.25) is 0 Å². The number of nitro groups is 1. The summed E-state index contributed by atoms with van der Waals surface area (Å²) in [7, 11) is 0. The first-order valence-electron chi connectivity index (χ1n) is 5.80. The predicted octanol–water partition coefficient (Wildman–Crippen LogP) is 2.64. The molecule has 0 aliphatic carbocycles. The van der Waals surface area contributed by atoms with E-state index in [2.05, 4.69) is 10.3 Å². The maximum Gasteiger partial charge on any atom is 0.270 e. The van der Waals surface area contributed by atoms with Gasteiger partial charge in [-0.1, -0.05) is 18.2 Å². The van der Waals surface area contributed by atoms with Crippen LogP contribution in [0.1, 0.15) is 5.56 Å². The van der Waals surface area contributed by atoms with Crippen LogP contribution in [-0.4, -0.2) is 15.8 Å². The van der Waals surface area contributed by atoms with Crippen molar-refractivity contribution in [3.63, 3.8) is 0 Å². The second-order valence-electron chi connectivity index (χ2n) is 3.89. The van der Waals surface area contributed by atoms with Crippen molar-refractivity contribution in [3.05, 3.63) is 70.4 Å². The molecular formula is C14H11N3O3. The minimum Gasteiger partial charge on any atom is -0.307 e. The van der Waals surface area contributed by atoms with Crippen LogP contribution in [-0.2, 0) is 4.79 Å². The third kappa shape index (κ3) is 3.74. The maximum atomic E-state index is 11.6. The molecule has 1 aromatic carbocycles. The number of anilines is 1. The minimum absolute atomic E-state index is 0.0164. The molecule has 0 fully saturated rings. The van der Waals surface area contributed by atoms with Crippen LogP contribution in [0, 0.1) is 10.1 Å². The number of amides is 1. The van der Waals surface area contributed by atoms with E-state index >= 15 is 0 Å². The Balaban J connectivity index is 2.04. The summed E-state index contributed by atoms with van der Waals surface area (Å²) in [5, 5.41) is 13.2. The van der Waals surface area contributed by atoms with Crippen molar-refractivity contribution in [2.45, 2.75) is 0 Å². The molecule has 0 radical (unpaired) electrons. The van der Waals surface area contributed by atoms with Crippen molar-refractivity contribution in [1.29, 1.82) is 0 Å². The predicted molar refractivity (Wildman–Crippen MR) is 75.0 cm³/mol. The van der Waals surface area contributed by atoms with Gasteiger partial charge in [-0.3, -0.25) is 14.9 Å². The van der Waals surface area contributed by atoms with Crippen molar-refractivity contribution < 1.29 is 9.72 Å². The molecule has 1 N–H and O–H groups in total.